The molecule has 1 aliphatic heterocycles. The second-order valence-corrected chi connectivity index (χ2v) is 9.89. The second-order valence-electron chi connectivity index (χ2n) is 8.11. The zero-order valence-electron chi connectivity index (χ0n) is 17.7. The normalized spacial score (nSPS) is 16.6. The fraction of sp³-hybridized carbons (Fsp3) is 0.474. The van der Waals surface area contributed by atoms with Crippen molar-refractivity contribution in [3.63, 3.8) is 0 Å². The van der Waals surface area contributed by atoms with Crippen LogP contribution in [0.5, 0.6) is 5.75 Å². The van der Waals surface area contributed by atoms with Gasteiger partial charge in [-0.15, -0.1) is 0 Å². The highest BCUT2D eigenvalue weighted by atomic mass is 32.2. The number of alkyl halides is 2. The number of amides is 1. The number of rotatable bonds is 4. The van der Waals surface area contributed by atoms with E-state index >= 15 is 0 Å². The lowest BCUT2D eigenvalue weighted by atomic mass is 10.2. The van der Waals surface area contributed by atoms with E-state index in [4.69, 9.17) is 9.47 Å². The molecule has 9 nitrogen and oxygen atoms in total. The summed E-state index contributed by atoms with van der Waals surface area (Å²) in [5.41, 5.74) is -0.320. The van der Waals surface area contributed by atoms with Crippen LogP contribution in [-0.4, -0.2) is 42.5 Å². The van der Waals surface area contributed by atoms with Gasteiger partial charge in [-0.2, -0.15) is 13.9 Å². The number of sulfonamides is 1. The number of benzene rings is 1. The Kier molecular flexibility index (Phi) is 5.87. The van der Waals surface area contributed by atoms with Crippen molar-refractivity contribution in [1.29, 1.82) is 0 Å². The number of hydrogen-bond donors (Lipinski definition) is 1. The molecule has 1 aliphatic rings. The Labute approximate surface area is 179 Å². The van der Waals surface area contributed by atoms with Crippen molar-refractivity contribution in [1.82, 2.24) is 9.78 Å². The number of fused-ring (bicyclic) bond motifs is 1. The highest BCUT2D eigenvalue weighted by Gasteiger charge is 2.37. The zero-order valence-corrected chi connectivity index (χ0v) is 18.5. The Morgan fingerprint density at radius 2 is 2.03 bits per heavy atom. The first-order valence-electron chi connectivity index (χ1n) is 9.45. The number of nitrogens with one attached hydrogen (secondary N) is 1. The third-order valence-corrected chi connectivity index (χ3v) is 6.36. The van der Waals surface area contributed by atoms with Crippen LogP contribution in [0.3, 0.4) is 0 Å². The minimum atomic E-state index is -4.25. The van der Waals surface area contributed by atoms with Crippen molar-refractivity contribution >= 4 is 27.5 Å². The van der Waals surface area contributed by atoms with Gasteiger partial charge in [-0.3, -0.25) is 9.62 Å². The van der Waals surface area contributed by atoms with Crippen molar-refractivity contribution in [2.24, 2.45) is 0 Å². The van der Waals surface area contributed by atoms with Crippen LogP contribution in [0.1, 0.15) is 39.9 Å². The maximum atomic E-state index is 13.4. The van der Waals surface area contributed by atoms with Gasteiger partial charge in [0.1, 0.15) is 22.9 Å². The third-order valence-electron chi connectivity index (χ3n) is 4.33. The standard InChI is InChI=1S/C19H24F2N4O5S/c1-11-10-29-15-7-6-13(22-18(26)30-19(3,4)5)8-14(15)25(11)31(27,28)16-9-24(17(20)21)23-12(16)2/h6-9,11,17H,10H2,1-5H3,(H,22,26)/t11-/m1/s1. The van der Waals surface area contributed by atoms with Gasteiger partial charge in [0, 0.05) is 5.69 Å². The lowest BCUT2D eigenvalue weighted by molar-refractivity contribution is 0.0560. The van der Waals surface area contributed by atoms with Crippen molar-refractivity contribution in [2.45, 2.75) is 57.7 Å². The number of carbonyl (C=O) groups is 1. The lowest BCUT2D eigenvalue weighted by Crippen LogP contribution is -2.45. The first-order valence-corrected chi connectivity index (χ1v) is 10.9. The molecule has 0 saturated carbocycles. The Morgan fingerprint density at radius 1 is 1.35 bits per heavy atom. The smallest absolute Gasteiger partial charge is 0.412 e. The molecule has 1 amide bonds. The summed E-state index contributed by atoms with van der Waals surface area (Å²) in [6.45, 7) is 5.20. The molecule has 0 unspecified atom stereocenters. The number of nitrogens with zero attached hydrogens (tertiary/aromatic N) is 3. The van der Waals surface area contributed by atoms with E-state index in [1.165, 1.54) is 19.1 Å². The number of carbonyl (C=O) groups excluding carboxylic acids is 1. The molecule has 170 valence electrons. The molecular formula is C19H24F2N4O5S. The number of halogens is 2. The van der Waals surface area contributed by atoms with Gasteiger partial charge in [-0.05, 0) is 52.8 Å². The molecule has 2 aromatic rings. The topological polar surface area (TPSA) is 103 Å². The number of aromatic nitrogens is 2. The molecular weight excluding hydrogens is 434 g/mol. The van der Waals surface area contributed by atoms with E-state index in [1.807, 2.05) is 0 Å². The van der Waals surface area contributed by atoms with Gasteiger partial charge in [-0.1, -0.05) is 0 Å². The molecule has 0 fully saturated rings. The summed E-state index contributed by atoms with van der Waals surface area (Å²) in [7, 11) is -4.25. The van der Waals surface area contributed by atoms with E-state index in [0.717, 1.165) is 10.5 Å². The van der Waals surface area contributed by atoms with Crippen molar-refractivity contribution in [3.05, 3.63) is 30.1 Å². The van der Waals surface area contributed by atoms with Crippen LogP contribution in [0.4, 0.5) is 25.0 Å². The maximum Gasteiger partial charge on any atom is 0.412 e. The molecule has 31 heavy (non-hydrogen) atoms. The Balaban J connectivity index is 2.01. The largest absolute Gasteiger partial charge is 0.489 e. The van der Waals surface area contributed by atoms with E-state index in [0.29, 0.717) is 4.68 Å². The number of anilines is 2. The molecule has 0 saturated heterocycles. The number of hydrogen-bond acceptors (Lipinski definition) is 6. The van der Waals surface area contributed by atoms with E-state index in [-0.39, 0.29) is 34.3 Å². The summed E-state index contributed by atoms with van der Waals surface area (Å²) in [5.74, 6) is 0.273. The fourth-order valence-corrected chi connectivity index (χ4v) is 4.92. The van der Waals surface area contributed by atoms with Gasteiger partial charge < -0.3 is 9.47 Å². The molecule has 2 heterocycles. The molecule has 0 radical (unpaired) electrons. The van der Waals surface area contributed by atoms with Crippen molar-refractivity contribution in [2.75, 3.05) is 16.2 Å². The van der Waals surface area contributed by atoms with E-state index < -0.39 is 34.3 Å². The van der Waals surface area contributed by atoms with Gasteiger partial charge in [0.05, 0.1) is 23.6 Å². The summed E-state index contributed by atoms with van der Waals surface area (Å²) in [5, 5.41) is 6.15. The molecule has 1 N–H and O–H groups in total. The molecule has 1 aromatic heterocycles. The van der Waals surface area contributed by atoms with Crippen LogP contribution < -0.4 is 14.4 Å². The minimum Gasteiger partial charge on any atom is -0.489 e. The maximum absolute atomic E-state index is 13.4. The third kappa shape index (κ3) is 4.73. The average molecular weight is 458 g/mol. The number of aryl methyl sites for hydroxylation is 1. The Hall–Kier alpha value is -2.89. The van der Waals surface area contributed by atoms with Gasteiger partial charge >= 0.3 is 12.6 Å². The van der Waals surface area contributed by atoms with E-state index in [1.54, 1.807) is 33.8 Å². The van der Waals surface area contributed by atoms with Crippen LogP contribution in [0.25, 0.3) is 0 Å². The van der Waals surface area contributed by atoms with Crippen LogP contribution in [0, 0.1) is 6.92 Å². The van der Waals surface area contributed by atoms with E-state index in [9.17, 15) is 22.0 Å². The highest BCUT2D eigenvalue weighted by molar-refractivity contribution is 7.93. The van der Waals surface area contributed by atoms with E-state index in [2.05, 4.69) is 10.4 Å². The minimum absolute atomic E-state index is 0.0522. The predicted octanol–water partition coefficient (Wildman–Crippen LogP) is 3.91. The van der Waals surface area contributed by atoms with Gasteiger partial charge in [0.15, 0.2) is 0 Å². The number of ether oxygens (including phenoxy) is 2. The van der Waals surface area contributed by atoms with Crippen LogP contribution >= 0.6 is 0 Å². The Bertz CT molecular complexity index is 1100. The van der Waals surface area contributed by atoms with Crippen LogP contribution in [0.2, 0.25) is 0 Å². The van der Waals surface area contributed by atoms with Gasteiger partial charge in [0.25, 0.3) is 10.0 Å². The first-order chi connectivity index (χ1) is 14.3. The average Bonchev–Trinajstić information content (AvgIpc) is 3.02. The SMILES string of the molecule is Cc1nn(C(F)F)cc1S(=O)(=O)N1c2cc(NC(=O)OC(C)(C)C)ccc2OC[C@H]1C. The second kappa shape index (κ2) is 7.98. The molecule has 3 rings (SSSR count). The van der Waals surface area contributed by atoms with Crippen molar-refractivity contribution < 1.29 is 31.5 Å². The molecule has 0 bridgehead atoms. The van der Waals surface area contributed by atoms with Crippen LogP contribution in [-0.2, 0) is 14.8 Å². The zero-order chi connectivity index (χ0) is 23.1. The summed E-state index contributed by atoms with van der Waals surface area (Å²) in [6, 6.07) is 3.86. The summed E-state index contributed by atoms with van der Waals surface area (Å²) < 4.78 is 65.1. The monoisotopic (exact) mass is 458 g/mol. The predicted molar refractivity (Wildman–Crippen MR) is 109 cm³/mol. The molecule has 0 spiro atoms. The Morgan fingerprint density at radius 3 is 2.61 bits per heavy atom. The van der Waals surface area contributed by atoms with Gasteiger partial charge in [-0.25, -0.2) is 17.9 Å². The quantitative estimate of drug-likeness (QED) is 0.745. The van der Waals surface area contributed by atoms with Crippen molar-refractivity contribution in [3.8, 4) is 5.75 Å². The summed E-state index contributed by atoms with van der Waals surface area (Å²) >= 11 is 0. The highest BCUT2D eigenvalue weighted by Crippen LogP contribution is 2.40. The summed E-state index contributed by atoms with van der Waals surface area (Å²) in [4.78, 5) is 11.8. The fourth-order valence-electron chi connectivity index (χ4n) is 3.12. The molecule has 12 heteroatoms. The lowest BCUT2D eigenvalue weighted by Gasteiger charge is -2.35. The van der Waals surface area contributed by atoms with Gasteiger partial charge in [0.2, 0.25) is 0 Å². The summed E-state index contributed by atoms with van der Waals surface area (Å²) in [6.07, 6.45) is 0.0978. The van der Waals surface area contributed by atoms with Crippen LogP contribution in [0.15, 0.2) is 29.3 Å². The first kappa shape index (κ1) is 22.8. The molecule has 1 atom stereocenters. The molecule has 1 aromatic carbocycles. The molecule has 0 aliphatic carbocycles.